The van der Waals surface area contributed by atoms with Crippen molar-refractivity contribution in [3.05, 3.63) is 26.5 Å². The van der Waals surface area contributed by atoms with Gasteiger partial charge in [0.25, 0.3) is 0 Å². The van der Waals surface area contributed by atoms with Gasteiger partial charge in [-0.1, -0.05) is 4.49 Å². The molecule has 0 fully saturated rings. The van der Waals surface area contributed by atoms with E-state index in [1.165, 1.54) is 0 Å². The Balaban J connectivity index is 2.35. The first kappa shape index (κ1) is 15.4. The molecule has 0 unspecified atom stereocenters. The minimum Gasteiger partial charge on any atom is -0.316 e. The van der Waals surface area contributed by atoms with E-state index in [2.05, 4.69) is 41.4 Å². The van der Waals surface area contributed by atoms with Crippen LogP contribution >= 0.6 is 43.4 Å². The number of nitrogens with one attached hydrogen (secondary N) is 1. The van der Waals surface area contributed by atoms with Crippen molar-refractivity contribution >= 4 is 55.0 Å². The van der Waals surface area contributed by atoms with Crippen molar-refractivity contribution in [1.82, 2.24) is 9.59 Å². The van der Waals surface area contributed by atoms with Crippen LogP contribution in [0.1, 0.15) is 0 Å². The Hall–Kier alpha value is -1.00. The lowest BCUT2D eigenvalue weighted by Crippen LogP contribution is -2.30. The number of aromatic nitrogens is 2. The molecule has 0 aliphatic heterocycles. The summed E-state index contributed by atoms with van der Waals surface area (Å²) in [6.45, 7) is 0. The molecule has 0 saturated carbocycles. The van der Waals surface area contributed by atoms with E-state index in [1.54, 1.807) is 22.8 Å². The van der Waals surface area contributed by atoms with Gasteiger partial charge >= 0.3 is 12.1 Å². The normalized spacial score (nSPS) is 11.4. The van der Waals surface area contributed by atoms with Gasteiger partial charge in [-0.25, -0.2) is 0 Å². The lowest BCUT2D eigenvalue weighted by atomic mass is 10.1. The van der Waals surface area contributed by atoms with Crippen molar-refractivity contribution in [3.63, 3.8) is 0 Å². The summed E-state index contributed by atoms with van der Waals surface area (Å²) in [4.78, 5) is 11.0. The predicted octanol–water partition coefficient (Wildman–Crippen LogP) is 4.23. The number of alkyl halides is 3. The lowest BCUT2D eigenvalue weighted by molar-refractivity contribution is -0.167. The smallest absolute Gasteiger partial charge is 0.316 e. The third-order valence-electron chi connectivity index (χ3n) is 2.19. The third-order valence-corrected chi connectivity index (χ3v) is 3.95. The predicted molar refractivity (Wildman–Crippen MR) is 75.4 cm³/mol. The first-order chi connectivity index (χ1) is 9.29. The van der Waals surface area contributed by atoms with E-state index in [9.17, 15) is 18.0 Å². The molecule has 1 amide bonds. The highest BCUT2D eigenvalue weighted by molar-refractivity contribution is 9.11. The van der Waals surface area contributed by atoms with E-state index in [0.29, 0.717) is 20.2 Å². The fourth-order valence-corrected chi connectivity index (χ4v) is 3.17. The summed E-state index contributed by atoms with van der Waals surface area (Å²) in [6.07, 6.45) is -4.95. The van der Waals surface area contributed by atoms with Crippen molar-refractivity contribution < 1.29 is 18.0 Å². The summed E-state index contributed by atoms with van der Waals surface area (Å²) in [7, 11) is 0. The summed E-state index contributed by atoms with van der Waals surface area (Å²) >= 11 is 7.40. The molecule has 0 spiro atoms. The van der Waals surface area contributed by atoms with E-state index in [-0.39, 0.29) is 5.69 Å². The Labute approximate surface area is 131 Å². The van der Waals surface area contributed by atoms with Gasteiger partial charge in [-0.15, -0.1) is 5.10 Å². The topological polar surface area (TPSA) is 54.9 Å². The number of carbonyl (C=O) groups is 1. The summed E-state index contributed by atoms with van der Waals surface area (Å²) in [5.41, 5.74) is 1.24. The highest BCUT2D eigenvalue weighted by Gasteiger charge is 2.39. The van der Waals surface area contributed by atoms with E-state index in [1.807, 2.05) is 0 Å². The van der Waals surface area contributed by atoms with Crippen LogP contribution in [0, 0.1) is 0 Å². The number of benzene rings is 1. The Kier molecular flexibility index (Phi) is 4.45. The number of amides is 1. The highest BCUT2D eigenvalue weighted by atomic mass is 79.9. The van der Waals surface area contributed by atoms with Crippen LogP contribution in [0.5, 0.6) is 0 Å². The second-order valence-corrected chi connectivity index (χ2v) is 5.88. The van der Waals surface area contributed by atoms with Crippen molar-refractivity contribution in [1.29, 1.82) is 0 Å². The first-order valence-electron chi connectivity index (χ1n) is 4.93. The summed E-state index contributed by atoms with van der Waals surface area (Å²) in [5.74, 6) is -2.04. The van der Waals surface area contributed by atoms with Crippen LogP contribution in [0.25, 0.3) is 11.3 Å². The average molecular weight is 431 g/mol. The van der Waals surface area contributed by atoms with Gasteiger partial charge in [-0.3, -0.25) is 4.79 Å². The summed E-state index contributed by atoms with van der Waals surface area (Å²) in [5, 5.41) is 7.35. The largest absolute Gasteiger partial charge is 0.471 e. The molecule has 0 aliphatic carbocycles. The quantitative estimate of drug-likeness (QED) is 0.775. The second-order valence-electron chi connectivity index (χ2n) is 3.56. The molecule has 1 heterocycles. The van der Waals surface area contributed by atoms with Gasteiger partial charge in [0.15, 0.2) is 0 Å². The number of anilines is 1. The van der Waals surface area contributed by atoms with E-state index >= 15 is 0 Å². The van der Waals surface area contributed by atoms with Gasteiger partial charge in [0.2, 0.25) is 0 Å². The second kappa shape index (κ2) is 5.78. The van der Waals surface area contributed by atoms with Crippen molar-refractivity contribution in [2.24, 2.45) is 0 Å². The van der Waals surface area contributed by atoms with Crippen molar-refractivity contribution in [3.8, 4) is 11.3 Å². The Morgan fingerprint density at radius 3 is 2.30 bits per heavy atom. The molecule has 106 valence electrons. The molecule has 10 heteroatoms. The van der Waals surface area contributed by atoms with Crippen LogP contribution in [-0.4, -0.2) is 21.7 Å². The third kappa shape index (κ3) is 3.36. The minimum atomic E-state index is -4.95. The van der Waals surface area contributed by atoms with E-state index < -0.39 is 12.1 Å². The zero-order chi connectivity index (χ0) is 14.9. The van der Waals surface area contributed by atoms with Gasteiger partial charge in [0.1, 0.15) is 5.69 Å². The molecule has 0 radical (unpaired) electrons. The first-order valence-corrected chi connectivity index (χ1v) is 7.36. The molecular formula is C10H4Br2F3N3OS. The van der Waals surface area contributed by atoms with Gasteiger partial charge in [-0.2, -0.15) is 13.2 Å². The van der Waals surface area contributed by atoms with Gasteiger partial charge < -0.3 is 5.32 Å². The molecule has 1 aromatic carbocycles. The van der Waals surface area contributed by atoms with E-state index in [4.69, 9.17) is 0 Å². The average Bonchev–Trinajstić information content (AvgIpc) is 2.85. The van der Waals surface area contributed by atoms with Crippen molar-refractivity contribution in [2.45, 2.75) is 6.18 Å². The van der Waals surface area contributed by atoms with Gasteiger partial charge in [0.05, 0.1) is 5.69 Å². The highest BCUT2D eigenvalue weighted by Crippen LogP contribution is 2.36. The molecule has 1 aromatic heterocycles. The maximum Gasteiger partial charge on any atom is 0.471 e. The number of rotatable bonds is 2. The number of hydrogen-bond acceptors (Lipinski definition) is 4. The molecule has 2 rings (SSSR count). The van der Waals surface area contributed by atoms with Gasteiger partial charge in [0, 0.05) is 19.9 Å². The minimum absolute atomic E-state index is 0.000682. The molecule has 0 bridgehead atoms. The van der Waals surface area contributed by atoms with Crippen LogP contribution in [0.2, 0.25) is 0 Å². The maximum atomic E-state index is 12.2. The molecule has 0 atom stereocenters. The summed E-state index contributed by atoms with van der Waals surface area (Å²) in [6, 6.07) is 3.10. The lowest BCUT2D eigenvalue weighted by Gasteiger charge is -2.12. The molecular weight excluding hydrogens is 427 g/mol. The molecule has 4 nitrogen and oxygen atoms in total. The zero-order valence-electron chi connectivity index (χ0n) is 9.33. The van der Waals surface area contributed by atoms with Crippen molar-refractivity contribution in [2.75, 3.05) is 5.32 Å². The molecule has 1 N–H and O–H groups in total. The Morgan fingerprint density at radius 1 is 1.25 bits per heavy atom. The fraction of sp³-hybridized carbons (Fsp3) is 0.100. The Morgan fingerprint density at radius 2 is 1.85 bits per heavy atom. The Bertz CT molecular complexity index is 623. The number of halogens is 5. The standard InChI is InChI=1S/C10H4Br2F3N3OS/c11-5-1-4(7-3-20-18-17-7)2-6(12)8(5)16-9(19)10(13,14)15/h1-3H,(H,16,19). The number of carbonyl (C=O) groups excluding carboxylic acids is 1. The van der Waals surface area contributed by atoms with Gasteiger partial charge in [-0.05, 0) is 55.5 Å². The van der Waals surface area contributed by atoms with Crippen LogP contribution in [0.15, 0.2) is 26.5 Å². The molecule has 0 saturated heterocycles. The maximum absolute atomic E-state index is 12.2. The number of hydrogen-bond donors (Lipinski definition) is 1. The SMILES string of the molecule is O=C(Nc1c(Br)cc(-c2csnn2)cc1Br)C(F)(F)F. The fourth-order valence-electron chi connectivity index (χ4n) is 1.32. The molecule has 20 heavy (non-hydrogen) atoms. The van der Waals surface area contributed by atoms with Crippen LogP contribution in [-0.2, 0) is 4.79 Å². The molecule has 2 aromatic rings. The van der Waals surface area contributed by atoms with Crippen LogP contribution < -0.4 is 5.32 Å². The number of nitrogens with zero attached hydrogens (tertiary/aromatic N) is 2. The zero-order valence-corrected chi connectivity index (χ0v) is 13.3. The van der Waals surface area contributed by atoms with E-state index in [0.717, 1.165) is 11.5 Å². The van der Waals surface area contributed by atoms with Crippen LogP contribution in [0.4, 0.5) is 18.9 Å². The monoisotopic (exact) mass is 429 g/mol. The molecule has 0 aliphatic rings. The summed E-state index contributed by atoms with van der Waals surface area (Å²) < 4.78 is 41.0. The van der Waals surface area contributed by atoms with Crippen LogP contribution in [0.3, 0.4) is 0 Å².